The number of amides is 1. The van der Waals surface area contributed by atoms with Crippen molar-refractivity contribution in [3.05, 3.63) is 29.8 Å². The zero-order chi connectivity index (χ0) is 10.1. The average Bonchev–Trinajstić information content (AvgIpc) is 2.18. The highest BCUT2D eigenvalue weighted by Gasteiger charge is 2.30. The van der Waals surface area contributed by atoms with Gasteiger partial charge in [-0.2, -0.15) is 0 Å². The summed E-state index contributed by atoms with van der Waals surface area (Å²) in [5.74, 6) is -1.25. The highest BCUT2D eigenvalue weighted by atomic mass is 16.4. The SMILES string of the molecule is O=C1Nc2ccccc2C(=O)/C1=N\O. The van der Waals surface area contributed by atoms with E-state index in [0.29, 0.717) is 11.3 Å². The number of hydrogen-bond acceptors (Lipinski definition) is 4. The second-order valence-electron chi connectivity index (χ2n) is 2.78. The lowest BCUT2D eigenvalue weighted by Gasteiger charge is -2.15. The number of benzene rings is 1. The van der Waals surface area contributed by atoms with Crippen molar-refractivity contribution in [3.63, 3.8) is 0 Å². The van der Waals surface area contributed by atoms with E-state index in [1.807, 2.05) is 0 Å². The first kappa shape index (κ1) is 8.43. The van der Waals surface area contributed by atoms with Crippen molar-refractivity contribution in [2.45, 2.75) is 0 Å². The Labute approximate surface area is 79.0 Å². The fourth-order valence-corrected chi connectivity index (χ4v) is 1.29. The van der Waals surface area contributed by atoms with Crippen molar-refractivity contribution < 1.29 is 14.8 Å². The third-order valence-corrected chi connectivity index (χ3v) is 1.95. The number of nitrogens with zero attached hydrogens (tertiary/aromatic N) is 1. The lowest BCUT2D eigenvalue weighted by atomic mass is 10.0. The van der Waals surface area contributed by atoms with Crippen LogP contribution in [0.5, 0.6) is 0 Å². The van der Waals surface area contributed by atoms with Crippen LogP contribution in [-0.4, -0.2) is 22.6 Å². The molecule has 0 saturated heterocycles. The molecule has 14 heavy (non-hydrogen) atoms. The summed E-state index contributed by atoms with van der Waals surface area (Å²) >= 11 is 0. The lowest BCUT2D eigenvalue weighted by molar-refractivity contribution is -0.110. The molecule has 0 unspecified atom stereocenters. The molecular formula is C9H6N2O3. The Bertz CT molecular complexity index is 451. The summed E-state index contributed by atoms with van der Waals surface area (Å²) in [6.07, 6.45) is 0. The molecule has 0 bridgehead atoms. The van der Waals surface area contributed by atoms with Gasteiger partial charge in [0.1, 0.15) is 0 Å². The number of rotatable bonds is 0. The second kappa shape index (κ2) is 2.95. The van der Waals surface area contributed by atoms with E-state index in [1.54, 1.807) is 24.3 Å². The fourth-order valence-electron chi connectivity index (χ4n) is 1.29. The van der Waals surface area contributed by atoms with Gasteiger partial charge in [-0.25, -0.2) is 0 Å². The second-order valence-corrected chi connectivity index (χ2v) is 2.78. The van der Waals surface area contributed by atoms with Gasteiger partial charge in [-0.1, -0.05) is 17.3 Å². The molecule has 0 atom stereocenters. The minimum atomic E-state index is -0.684. The van der Waals surface area contributed by atoms with E-state index >= 15 is 0 Å². The predicted molar refractivity (Wildman–Crippen MR) is 48.6 cm³/mol. The largest absolute Gasteiger partial charge is 0.410 e. The van der Waals surface area contributed by atoms with Crippen LogP contribution >= 0.6 is 0 Å². The number of oxime groups is 1. The van der Waals surface area contributed by atoms with Gasteiger partial charge < -0.3 is 10.5 Å². The summed E-state index contributed by atoms with van der Waals surface area (Å²) in [6, 6.07) is 6.54. The summed E-state index contributed by atoms with van der Waals surface area (Å²) in [6.45, 7) is 0. The quantitative estimate of drug-likeness (QED) is 0.465. The van der Waals surface area contributed by atoms with E-state index in [2.05, 4.69) is 10.5 Å². The monoisotopic (exact) mass is 190 g/mol. The standard InChI is InChI=1S/C9H6N2O3/c12-8-5-3-1-2-4-6(5)10-9(13)7(8)11-14/h1-4,14H,(H,10,13)/b11-7+. The Kier molecular flexibility index (Phi) is 1.78. The van der Waals surface area contributed by atoms with E-state index in [9.17, 15) is 9.59 Å². The molecule has 70 valence electrons. The molecule has 1 amide bonds. The van der Waals surface area contributed by atoms with Gasteiger partial charge in [-0.3, -0.25) is 9.59 Å². The van der Waals surface area contributed by atoms with Gasteiger partial charge in [-0.05, 0) is 12.1 Å². The van der Waals surface area contributed by atoms with Crippen LogP contribution in [0.4, 0.5) is 5.69 Å². The molecule has 0 spiro atoms. The van der Waals surface area contributed by atoms with Crippen LogP contribution < -0.4 is 5.32 Å². The van der Waals surface area contributed by atoms with Crippen LogP contribution in [0.25, 0.3) is 0 Å². The highest BCUT2D eigenvalue weighted by molar-refractivity contribution is 6.72. The molecule has 2 N–H and O–H groups in total. The molecule has 5 nitrogen and oxygen atoms in total. The number of ketones is 1. The van der Waals surface area contributed by atoms with Gasteiger partial charge in [0, 0.05) is 5.56 Å². The molecule has 2 rings (SSSR count). The fraction of sp³-hybridized carbons (Fsp3) is 0. The predicted octanol–water partition coefficient (Wildman–Crippen LogP) is 0.652. The van der Waals surface area contributed by atoms with Crippen LogP contribution in [0.15, 0.2) is 29.4 Å². The zero-order valence-electron chi connectivity index (χ0n) is 7.02. The lowest BCUT2D eigenvalue weighted by Crippen LogP contribution is -2.35. The minimum absolute atomic E-state index is 0.333. The van der Waals surface area contributed by atoms with Gasteiger partial charge in [0.15, 0.2) is 0 Å². The molecule has 1 aliphatic rings. The van der Waals surface area contributed by atoms with Crippen LogP contribution in [0, 0.1) is 0 Å². The van der Waals surface area contributed by atoms with E-state index in [0.717, 1.165) is 0 Å². The molecule has 1 aromatic carbocycles. The molecule has 0 aromatic heterocycles. The molecule has 1 aromatic rings. The number of para-hydroxylation sites is 1. The Morgan fingerprint density at radius 2 is 1.93 bits per heavy atom. The van der Waals surface area contributed by atoms with Crippen molar-refractivity contribution in [1.29, 1.82) is 0 Å². The molecule has 1 aliphatic heterocycles. The summed E-state index contributed by atoms with van der Waals surface area (Å²) in [4.78, 5) is 22.7. The Morgan fingerprint density at radius 3 is 2.64 bits per heavy atom. The van der Waals surface area contributed by atoms with Crippen LogP contribution in [-0.2, 0) is 4.79 Å². The molecule has 0 fully saturated rings. The van der Waals surface area contributed by atoms with E-state index in [4.69, 9.17) is 5.21 Å². The summed E-state index contributed by atoms with van der Waals surface area (Å²) in [5, 5.41) is 13.6. The maximum Gasteiger partial charge on any atom is 0.281 e. The number of fused-ring (bicyclic) bond motifs is 1. The van der Waals surface area contributed by atoms with Crippen LogP contribution in [0.3, 0.4) is 0 Å². The molecule has 0 radical (unpaired) electrons. The maximum absolute atomic E-state index is 11.5. The molecular weight excluding hydrogens is 184 g/mol. The van der Waals surface area contributed by atoms with Crippen molar-refractivity contribution in [2.24, 2.45) is 5.16 Å². The average molecular weight is 190 g/mol. The van der Waals surface area contributed by atoms with Gasteiger partial charge in [0.05, 0.1) is 5.69 Å². The van der Waals surface area contributed by atoms with Gasteiger partial charge in [0.25, 0.3) is 5.91 Å². The van der Waals surface area contributed by atoms with Gasteiger partial charge in [0.2, 0.25) is 11.5 Å². The third kappa shape index (κ3) is 1.06. The van der Waals surface area contributed by atoms with Crippen molar-refractivity contribution >= 4 is 23.1 Å². The Morgan fingerprint density at radius 1 is 1.21 bits per heavy atom. The van der Waals surface area contributed by atoms with E-state index in [-0.39, 0.29) is 0 Å². The first-order valence-electron chi connectivity index (χ1n) is 3.91. The van der Waals surface area contributed by atoms with Gasteiger partial charge in [-0.15, -0.1) is 0 Å². The summed E-state index contributed by atoms with van der Waals surface area (Å²) in [5.41, 5.74) is 0.290. The van der Waals surface area contributed by atoms with E-state index < -0.39 is 17.4 Å². The summed E-state index contributed by atoms with van der Waals surface area (Å²) < 4.78 is 0. The number of carbonyl (C=O) groups is 2. The number of nitrogens with one attached hydrogen (secondary N) is 1. The first-order valence-corrected chi connectivity index (χ1v) is 3.91. The smallest absolute Gasteiger partial charge is 0.281 e. The Balaban J connectivity index is 2.60. The number of Topliss-reactive ketones (excluding diaryl/α,β-unsaturated/α-hetero) is 1. The number of anilines is 1. The third-order valence-electron chi connectivity index (χ3n) is 1.95. The van der Waals surface area contributed by atoms with Crippen molar-refractivity contribution in [1.82, 2.24) is 0 Å². The van der Waals surface area contributed by atoms with Crippen molar-refractivity contribution in [2.75, 3.05) is 5.32 Å². The first-order chi connectivity index (χ1) is 6.74. The maximum atomic E-state index is 11.5. The van der Waals surface area contributed by atoms with Crippen LogP contribution in [0.1, 0.15) is 10.4 Å². The molecule has 0 saturated carbocycles. The minimum Gasteiger partial charge on any atom is -0.410 e. The topological polar surface area (TPSA) is 78.8 Å². The highest BCUT2D eigenvalue weighted by Crippen LogP contribution is 2.20. The normalized spacial score (nSPS) is 17.9. The molecule has 0 aliphatic carbocycles. The molecule has 1 heterocycles. The van der Waals surface area contributed by atoms with E-state index in [1.165, 1.54) is 0 Å². The van der Waals surface area contributed by atoms with Crippen molar-refractivity contribution in [3.8, 4) is 0 Å². The number of carbonyl (C=O) groups excluding carboxylic acids is 2. The zero-order valence-corrected chi connectivity index (χ0v) is 7.02. The number of hydrogen-bond donors (Lipinski definition) is 2. The van der Waals surface area contributed by atoms with Crippen LogP contribution in [0.2, 0.25) is 0 Å². The molecule has 5 heteroatoms. The van der Waals surface area contributed by atoms with Gasteiger partial charge >= 0.3 is 0 Å². The Hall–Kier alpha value is -2.17. The summed E-state index contributed by atoms with van der Waals surface area (Å²) in [7, 11) is 0.